The molecule has 0 spiro atoms. The predicted molar refractivity (Wildman–Crippen MR) is 463 cm³/mol. The molecular weight excluding hydrogens is 1450 g/mol. The number of aliphatic hydroxyl groups excluding tert-OH is 1. The van der Waals surface area contributed by atoms with Gasteiger partial charge in [0.2, 0.25) is 0 Å². The molecule has 0 aromatic rings. The summed E-state index contributed by atoms with van der Waals surface area (Å²) in [6, 6.07) is 0. The Balaban J connectivity index is 5.56. The quantitative estimate of drug-likeness (QED) is 0.0169. The van der Waals surface area contributed by atoms with Crippen LogP contribution in [-0.4, -0.2) is 96.7 Å². The molecule has 628 valence electrons. The van der Waals surface area contributed by atoms with Gasteiger partial charge in [0.05, 0.1) is 26.4 Å². The number of phosphoric ester groups is 2. The van der Waals surface area contributed by atoms with Gasteiger partial charge in [-0.3, -0.25) is 37.3 Å². The molecular formula is C93H144O17P2. The van der Waals surface area contributed by atoms with E-state index in [0.29, 0.717) is 32.1 Å². The number of carbonyl (C=O) groups excluding carboxylic acids is 4. The molecule has 19 heteroatoms. The Kier molecular flexibility index (Phi) is 77.1. The number of ether oxygens (including phenoxy) is 4. The highest BCUT2D eigenvalue weighted by molar-refractivity contribution is 7.47. The highest BCUT2D eigenvalue weighted by Crippen LogP contribution is 2.45. The van der Waals surface area contributed by atoms with Crippen molar-refractivity contribution in [3.05, 3.63) is 231 Å². The minimum Gasteiger partial charge on any atom is -0.462 e. The lowest BCUT2D eigenvalue weighted by Gasteiger charge is -2.21. The van der Waals surface area contributed by atoms with E-state index in [1.165, 1.54) is 0 Å². The van der Waals surface area contributed by atoms with Crippen LogP contribution in [0, 0.1) is 0 Å². The number of phosphoric acid groups is 2. The zero-order valence-electron chi connectivity index (χ0n) is 68.7. The van der Waals surface area contributed by atoms with E-state index in [0.717, 1.165) is 186 Å². The number of hydrogen-bond acceptors (Lipinski definition) is 15. The third-order valence-corrected chi connectivity index (χ3v) is 18.0. The second kappa shape index (κ2) is 82.1. The number of esters is 4. The number of carbonyl (C=O) groups is 4. The Morgan fingerprint density at radius 1 is 0.250 bits per heavy atom. The fraction of sp³-hybridized carbons (Fsp3) is 0.548. The lowest BCUT2D eigenvalue weighted by Crippen LogP contribution is -2.30. The van der Waals surface area contributed by atoms with Crippen LogP contribution in [0.1, 0.15) is 272 Å². The van der Waals surface area contributed by atoms with Crippen molar-refractivity contribution in [2.45, 2.75) is 290 Å². The van der Waals surface area contributed by atoms with Gasteiger partial charge in [-0.25, -0.2) is 9.13 Å². The highest BCUT2D eigenvalue weighted by atomic mass is 31.2. The molecule has 0 amide bonds. The SMILES string of the molecule is CC/C=C\C/C=C\C/C=C\C/C=C\C/C=C\C/C=C\CCC(=O)OCC(COP(=O)(O)OCC(O)COP(=O)(O)OCC(COC(=O)CCCCC/C=C\C/C=C\C/C=C\C/C=C\C/C=C\CC)OC(=O)CCCCCC/C=C\C/C=C\C/C=C\C/C=C\CC)OC(=O)CCCCCC/C=C\C/C=C\C/C=C\C/C=C\CC. The topological polar surface area (TPSA) is 237 Å². The number of rotatable bonds is 75. The van der Waals surface area contributed by atoms with Gasteiger partial charge in [-0.2, -0.15) is 0 Å². The third kappa shape index (κ3) is 81.1. The molecule has 0 bridgehead atoms. The maximum atomic E-state index is 13.1. The van der Waals surface area contributed by atoms with Crippen molar-refractivity contribution in [1.29, 1.82) is 0 Å². The van der Waals surface area contributed by atoms with Crippen LogP contribution in [0.25, 0.3) is 0 Å². The van der Waals surface area contributed by atoms with E-state index in [4.69, 9.17) is 37.0 Å². The number of unbranched alkanes of at least 4 members (excludes halogenated alkanes) is 11. The van der Waals surface area contributed by atoms with Gasteiger partial charge in [0.15, 0.2) is 12.2 Å². The molecule has 0 saturated heterocycles. The summed E-state index contributed by atoms with van der Waals surface area (Å²) in [5.41, 5.74) is 0. The van der Waals surface area contributed by atoms with E-state index in [1.54, 1.807) is 0 Å². The lowest BCUT2D eigenvalue weighted by molar-refractivity contribution is -0.161. The first kappa shape index (κ1) is 105. The molecule has 0 radical (unpaired) electrons. The Morgan fingerprint density at radius 2 is 0.455 bits per heavy atom. The van der Waals surface area contributed by atoms with Gasteiger partial charge in [-0.05, 0) is 186 Å². The Morgan fingerprint density at radius 3 is 0.723 bits per heavy atom. The Hall–Kier alpha value is -6.88. The molecule has 5 atom stereocenters. The molecule has 112 heavy (non-hydrogen) atoms. The summed E-state index contributed by atoms with van der Waals surface area (Å²) in [6.45, 7) is 4.21. The summed E-state index contributed by atoms with van der Waals surface area (Å²) < 4.78 is 68.6. The average molecular weight is 1600 g/mol. The monoisotopic (exact) mass is 1590 g/mol. The summed E-state index contributed by atoms with van der Waals surface area (Å²) in [4.78, 5) is 73.2. The van der Waals surface area contributed by atoms with Gasteiger partial charge >= 0.3 is 39.5 Å². The van der Waals surface area contributed by atoms with Gasteiger partial charge in [-0.1, -0.05) is 291 Å². The summed E-state index contributed by atoms with van der Waals surface area (Å²) in [5.74, 6) is -2.39. The van der Waals surface area contributed by atoms with Crippen LogP contribution in [0.5, 0.6) is 0 Å². The number of allylic oxidation sites excluding steroid dienone is 38. The summed E-state index contributed by atoms with van der Waals surface area (Å²) in [6.07, 6.45) is 106. The van der Waals surface area contributed by atoms with Gasteiger partial charge < -0.3 is 33.8 Å². The molecule has 0 aliphatic rings. The van der Waals surface area contributed by atoms with Gasteiger partial charge in [-0.15, -0.1) is 0 Å². The Labute approximate surface area is 676 Å². The van der Waals surface area contributed by atoms with Crippen molar-refractivity contribution in [1.82, 2.24) is 0 Å². The normalized spacial score (nSPS) is 15.0. The van der Waals surface area contributed by atoms with E-state index in [9.17, 15) is 43.2 Å². The Bertz CT molecular complexity index is 3040. The van der Waals surface area contributed by atoms with Crippen LogP contribution in [0.3, 0.4) is 0 Å². The smallest absolute Gasteiger partial charge is 0.462 e. The lowest BCUT2D eigenvalue weighted by atomic mass is 10.1. The molecule has 0 saturated carbocycles. The van der Waals surface area contributed by atoms with E-state index in [1.807, 2.05) is 18.2 Å². The first-order valence-corrected chi connectivity index (χ1v) is 44.6. The minimum atomic E-state index is -5.02. The van der Waals surface area contributed by atoms with Crippen molar-refractivity contribution >= 4 is 39.5 Å². The maximum absolute atomic E-state index is 13.1. The number of hydrogen-bond donors (Lipinski definition) is 3. The second-order valence-electron chi connectivity index (χ2n) is 26.5. The predicted octanol–water partition coefficient (Wildman–Crippen LogP) is 25.0. The molecule has 0 aromatic heterocycles. The number of aliphatic hydroxyl groups is 1. The van der Waals surface area contributed by atoms with Gasteiger partial charge in [0.25, 0.3) is 0 Å². The summed E-state index contributed by atoms with van der Waals surface area (Å²) in [5, 5.41) is 10.7. The molecule has 0 fully saturated rings. The summed E-state index contributed by atoms with van der Waals surface area (Å²) in [7, 11) is -10.0. The first-order valence-electron chi connectivity index (χ1n) is 41.6. The van der Waals surface area contributed by atoms with Crippen LogP contribution in [-0.2, 0) is 65.4 Å². The van der Waals surface area contributed by atoms with Crippen molar-refractivity contribution in [2.24, 2.45) is 0 Å². The van der Waals surface area contributed by atoms with Crippen molar-refractivity contribution in [3.8, 4) is 0 Å². The molecule has 3 N–H and O–H groups in total. The van der Waals surface area contributed by atoms with Crippen LogP contribution in [0.15, 0.2) is 231 Å². The largest absolute Gasteiger partial charge is 0.472 e. The van der Waals surface area contributed by atoms with Crippen LogP contribution in [0.4, 0.5) is 0 Å². The zero-order chi connectivity index (χ0) is 81.7. The zero-order valence-corrected chi connectivity index (χ0v) is 70.5. The molecule has 0 aromatic carbocycles. The molecule has 0 aliphatic carbocycles. The van der Waals surface area contributed by atoms with E-state index >= 15 is 0 Å². The molecule has 0 heterocycles. The fourth-order valence-corrected chi connectivity index (χ4v) is 11.5. The fourth-order valence-electron chi connectivity index (χ4n) is 9.96. The van der Waals surface area contributed by atoms with E-state index in [-0.39, 0.29) is 25.7 Å². The molecule has 5 unspecified atom stereocenters. The highest BCUT2D eigenvalue weighted by Gasteiger charge is 2.30. The molecule has 17 nitrogen and oxygen atoms in total. The molecule has 0 aliphatic heterocycles. The first-order chi connectivity index (χ1) is 54.7. The van der Waals surface area contributed by atoms with Gasteiger partial charge in [0, 0.05) is 25.7 Å². The maximum Gasteiger partial charge on any atom is 0.472 e. The summed E-state index contributed by atoms with van der Waals surface area (Å²) >= 11 is 0. The standard InChI is InChI=1S/C93H144O17P2/c1-5-9-13-17-21-25-29-33-37-41-43-47-49-53-57-61-65-69-73-77-90(95)103-83-88(109-92(97)79-75-71-67-63-59-55-51-45-39-35-31-27-23-19-15-11-7-3)85-107-111(99,100)105-81-87(94)82-106-112(101,102)108-86-89(110-93(98)80-76-72-68-64-60-56-52-46-40-36-32-28-24-20-16-12-8-4)84-104-91(96)78-74-70-66-62-58-54-50-48-44-42-38-34-30-26-22-18-14-10-6-2/h9-16,21-28,33-40,43-44,47-48,51-58,65,69,87-89,94H,5-8,17-20,29-32,41-42,45-46,49-50,59-64,66-68,70-86H2,1-4H3,(H,99,100)(H,101,102)/b13-9-,14-10-,15-11-,16-12-,25-21-,26-22-,27-23-,28-24-,37-33-,38-34-,39-35-,40-36-,47-43-,48-44-,55-51-,56-52-,57-53-,58-54-,69-65-. The van der Waals surface area contributed by atoms with Crippen molar-refractivity contribution in [2.75, 3.05) is 39.6 Å². The van der Waals surface area contributed by atoms with Crippen LogP contribution in [0.2, 0.25) is 0 Å². The molecule has 0 rings (SSSR count). The van der Waals surface area contributed by atoms with Crippen molar-refractivity contribution in [3.63, 3.8) is 0 Å². The average Bonchev–Trinajstić information content (AvgIpc) is 0.895. The second-order valence-corrected chi connectivity index (χ2v) is 29.4. The van der Waals surface area contributed by atoms with E-state index in [2.05, 4.69) is 240 Å². The van der Waals surface area contributed by atoms with E-state index < -0.39 is 97.5 Å². The minimum absolute atomic E-state index is 0.0192. The van der Waals surface area contributed by atoms with Gasteiger partial charge in [0.1, 0.15) is 19.3 Å². The third-order valence-electron chi connectivity index (χ3n) is 16.1. The van der Waals surface area contributed by atoms with Crippen LogP contribution >= 0.6 is 15.6 Å². The van der Waals surface area contributed by atoms with Crippen LogP contribution < -0.4 is 0 Å². The van der Waals surface area contributed by atoms with Crippen molar-refractivity contribution < 1.29 is 80.2 Å².